The number of fused-ring (bicyclic) bond motifs is 1. The molecule has 0 bridgehead atoms. The lowest BCUT2D eigenvalue weighted by molar-refractivity contribution is 0.630. The first-order valence-corrected chi connectivity index (χ1v) is 4.94. The van der Waals surface area contributed by atoms with Gasteiger partial charge in [0.05, 0.1) is 5.69 Å². The van der Waals surface area contributed by atoms with Crippen LogP contribution in [0.1, 0.15) is 0 Å². The van der Waals surface area contributed by atoms with E-state index in [-0.39, 0.29) is 22.6 Å². The van der Waals surface area contributed by atoms with E-state index >= 15 is 0 Å². The molecule has 1 aromatic carbocycles. The van der Waals surface area contributed by atoms with Crippen LogP contribution in [0, 0.1) is 5.82 Å². The molecule has 0 saturated carbocycles. The number of nitrogens with zero attached hydrogens (tertiary/aromatic N) is 3. The number of nitrogens with one attached hydrogen (secondary N) is 1. The normalized spacial score (nSPS) is 10.9. The minimum atomic E-state index is -0.417. The van der Waals surface area contributed by atoms with E-state index in [1.54, 1.807) is 18.2 Å². The van der Waals surface area contributed by atoms with Crippen LogP contribution < -0.4 is 5.56 Å². The molecule has 3 rings (SSSR count). The molecule has 2 aromatic heterocycles. The minimum absolute atomic E-state index is 0.218. The van der Waals surface area contributed by atoms with Gasteiger partial charge in [0.15, 0.2) is 0 Å². The maximum atomic E-state index is 13.6. The highest BCUT2D eigenvalue weighted by Gasteiger charge is 2.09. The highest BCUT2D eigenvalue weighted by atomic mass is 19.1. The number of aromatic amines is 1. The molecule has 5 nitrogen and oxygen atoms in total. The summed E-state index contributed by atoms with van der Waals surface area (Å²) in [5, 5.41) is 2.62. The van der Waals surface area contributed by atoms with Gasteiger partial charge in [-0.25, -0.2) is 14.4 Å². The van der Waals surface area contributed by atoms with Gasteiger partial charge < -0.3 is 0 Å². The molecule has 17 heavy (non-hydrogen) atoms. The van der Waals surface area contributed by atoms with Crippen LogP contribution in [0.4, 0.5) is 4.39 Å². The van der Waals surface area contributed by atoms with E-state index in [1.165, 1.54) is 23.0 Å². The fourth-order valence-electron chi connectivity index (χ4n) is 1.63. The molecule has 0 fully saturated rings. The van der Waals surface area contributed by atoms with Crippen LogP contribution in [0.15, 0.2) is 41.5 Å². The van der Waals surface area contributed by atoms with Crippen molar-refractivity contribution in [3.05, 3.63) is 52.8 Å². The third kappa shape index (κ3) is 1.50. The molecule has 3 aromatic rings. The predicted octanol–water partition coefficient (Wildman–Crippen LogP) is 1.22. The Labute approximate surface area is 94.6 Å². The summed E-state index contributed by atoms with van der Waals surface area (Å²) in [6.07, 6.45) is 1.36. The van der Waals surface area contributed by atoms with Crippen molar-refractivity contribution >= 4 is 5.78 Å². The number of H-pyrrole nitrogens is 1. The summed E-state index contributed by atoms with van der Waals surface area (Å²) in [6.45, 7) is 0. The molecule has 2 heterocycles. The van der Waals surface area contributed by atoms with E-state index in [0.717, 1.165) is 0 Å². The van der Waals surface area contributed by atoms with Crippen LogP contribution in [-0.2, 0) is 0 Å². The van der Waals surface area contributed by atoms with Crippen molar-refractivity contribution < 1.29 is 4.39 Å². The highest BCUT2D eigenvalue weighted by Crippen LogP contribution is 2.18. The van der Waals surface area contributed by atoms with E-state index in [1.807, 2.05) is 0 Å². The van der Waals surface area contributed by atoms with Gasteiger partial charge in [-0.15, -0.1) is 0 Å². The van der Waals surface area contributed by atoms with Gasteiger partial charge in [-0.05, 0) is 12.1 Å². The maximum absolute atomic E-state index is 13.6. The minimum Gasteiger partial charge on any atom is -0.278 e. The maximum Gasteiger partial charge on any atom is 0.274 e. The van der Waals surface area contributed by atoms with E-state index in [2.05, 4.69) is 15.1 Å². The van der Waals surface area contributed by atoms with Gasteiger partial charge in [0, 0.05) is 11.6 Å². The van der Waals surface area contributed by atoms with Gasteiger partial charge in [-0.2, -0.15) is 4.52 Å². The van der Waals surface area contributed by atoms with Gasteiger partial charge in [-0.1, -0.05) is 12.1 Å². The van der Waals surface area contributed by atoms with E-state index in [9.17, 15) is 9.18 Å². The Kier molecular flexibility index (Phi) is 2.01. The molecule has 0 unspecified atom stereocenters. The highest BCUT2D eigenvalue weighted by molar-refractivity contribution is 5.60. The average molecular weight is 230 g/mol. The van der Waals surface area contributed by atoms with E-state index in [0.29, 0.717) is 0 Å². The molecule has 0 saturated heterocycles. The van der Waals surface area contributed by atoms with Gasteiger partial charge in [0.2, 0.25) is 0 Å². The second-order valence-corrected chi connectivity index (χ2v) is 3.48. The van der Waals surface area contributed by atoms with Crippen molar-refractivity contribution in [2.45, 2.75) is 0 Å². The number of hydrogen-bond donors (Lipinski definition) is 1. The Morgan fingerprint density at radius 2 is 2.12 bits per heavy atom. The molecule has 6 heteroatoms. The number of aromatic nitrogens is 4. The standard InChI is InChI=1S/C11H7FN4O/c12-8-4-2-1-3-7(8)9-5-10(17)16-11(15-9)13-6-14-16/h1-6H,(H,13,14,15). The van der Waals surface area contributed by atoms with Crippen molar-refractivity contribution in [1.29, 1.82) is 0 Å². The summed E-state index contributed by atoms with van der Waals surface area (Å²) >= 11 is 0. The van der Waals surface area contributed by atoms with Gasteiger partial charge in [0.1, 0.15) is 12.1 Å². The summed E-state index contributed by atoms with van der Waals surface area (Å²) < 4.78 is 14.7. The zero-order valence-electron chi connectivity index (χ0n) is 8.59. The van der Waals surface area contributed by atoms with E-state index in [4.69, 9.17) is 0 Å². The number of halogens is 1. The van der Waals surface area contributed by atoms with Crippen molar-refractivity contribution in [2.75, 3.05) is 0 Å². The largest absolute Gasteiger partial charge is 0.278 e. The second kappa shape index (κ2) is 3.51. The molecule has 0 spiro atoms. The topological polar surface area (TPSA) is 63.0 Å². The molecular formula is C11H7FN4O. The Bertz CT molecular complexity index is 746. The summed E-state index contributed by atoms with van der Waals surface area (Å²) in [6, 6.07) is 7.43. The third-order valence-corrected chi connectivity index (χ3v) is 2.42. The molecule has 0 radical (unpaired) electrons. The molecular weight excluding hydrogens is 223 g/mol. The lowest BCUT2D eigenvalue weighted by Crippen LogP contribution is -2.14. The average Bonchev–Trinajstić information content (AvgIpc) is 2.78. The Hall–Kier alpha value is -2.50. The summed E-state index contributed by atoms with van der Waals surface area (Å²) in [7, 11) is 0. The number of hydrogen-bond acceptors (Lipinski definition) is 3. The molecule has 0 aliphatic heterocycles. The number of rotatable bonds is 1. The van der Waals surface area contributed by atoms with Crippen LogP contribution in [-0.4, -0.2) is 19.6 Å². The van der Waals surface area contributed by atoms with Crippen molar-refractivity contribution in [1.82, 2.24) is 19.6 Å². The molecule has 84 valence electrons. The lowest BCUT2D eigenvalue weighted by Gasteiger charge is -2.01. The zero-order chi connectivity index (χ0) is 11.8. The smallest absolute Gasteiger partial charge is 0.274 e. The number of benzene rings is 1. The van der Waals surface area contributed by atoms with Gasteiger partial charge in [0.25, 0.3) is 11.3 Å². The van der Waals surface area contributed by atoms with E-state index < -0.39 is 5.82 Å². The van der Waals surface area contributed by atoms with Crippen molar-refractivity contribution in [2.24, 2.45) is 0 Å². The molecule has 1 N–H and O–H groups in total. The lowest BCUT2D eigenvalue weighted by atomic mass is 10.1. The van der Waals surface area contributed by atoms with Crippen LogP contribution in [0.25, 0.3) is 17.0 Å². The fourth-order valence-corrected chi connectivity index (χ4v) is 1.63. The van der Waals surface area contributed by atoms with Crippen LogP contribution >= 0.6 is 0 Å². The van der Waals surface area contributed by atoms with Gasteiger partial charge in [-0.3, -0.25) is 9.89 Å². The second-order valence-electron chi connectivity index (χ2n) is 3.48. The fraction of sp³-hybridized carbons (Fsp3) is 0. The van der Waals surface area contributed by atoms with Crippen molar-refractivity contribution in [3.63, 3.8) is 0 Å². The predicted molar refractivity (Wildman–Crippen MR) is 59.0 cm³/mol. The quantitative estimate of drug-likeness (QED) is 0.683. The summed E-state index contributed by atoms with van der Waals surface area (Å²) in [4.78, 5) is 19.7. The first kappa shape index (κ1) is 9.71. The van der Waals surface area contributed by atoms with Crippen LogP contribution in [0.3, 0.4) is 0 Å². The molecule has 0 aliphatic carbocycles. The van der Waals surface area contributed by atoms with Crippen molar-refractivity contribution in [3.8, 4) is 11.3 Å². The SMILES string of the molecule is O=c1cc(-c2ccccc2F)nc2nc[nH]n12. The Morgan fingerprint density at radius 1 is 1.29 bits per heavy atom. The Morgan fingerprint density at radius 3 is 2.94 bits per heavy atom. The summed E-state index contributed by atoms with van der Waals surface area (Å²) in [5.41, 5.74) is 0.237. The monoisotopic (exact) mass is 230 g/mol. The first-order valence-electron chi connectivity index (χ1n) is 4.94. The molecule has 0 atom stereocenters. The Balaban J connectivity index is 2.32. The molecule has 0 amide bonds. The van der Waals surface area contributed by atoms with Gasteiger partial charge >= 0.3 is 0 Å². The summed E-state index contributed by atoms with van der Waals surface area (Å²) in [5.74, 6) is -0.199. The van der Waals surface area contributed by atoms with Crippen LogP contribution in [0.5, 0.6) is 0 Å². The first-order chi connectivity index (χ1) is 8.25. The molecule has 0 aliphatic rings. The zero-order valence-corrected chi connectivity index (χ0v) is 8.59. The van der Waals surface area contributed by atoms with Crippen LogP contribution in [0.2, 0.25) is 0 Å². The third-order valence-electron chi connectivity index (χ3n) is 2.42.